The zero-order valence-corrected chi connectivity index (χ0v) is 22.9. The first kappa shape index (κ1) is 36.9. The molecule has 2 atom stereocenters. The van der Waals surface area contributed by atoms with Crippen LogP contribution in [0.5, 0.6) is 0 Å². The summed E-state index contributed by atoms with van der Waals surface area (Å²) < 4.78 is 21.6. The molecule has 0 aromatic rings. The van der Waals surface area contributed by atoms with Gasteiger partial charge in [0.2, 0.25) is 0 Å². The number of rotatable bonds is 12. The van der Waals surface area contributed by atoms with Crippen molar-refractivity contribution in [3.8, 4) is 0 Å². The second-order valence-corrected chi connectivity index (χ2v) is 5.98. The molecule has 0 aliphatic rings. The molecule has 0 radical (unpaired) electrons. The molecule has 0 amide bonds. The summed E-state index contributed by atoms with van der Waals surface area (Å²) in [7, 11) is -6.47. The monoisotopic (exact) mass is 397 g/mol. The fourth-order valence-electron chi connectivity index (χ4n) is 1.65. The van der Waals surface area contributed by atoms with Crippen LogP contribution in [0.1, 0.15) is 71.1 Å². The molecule has 0 fully saturated rings. The number of aliphatic hydroxyl groups excluding tert-OH is 1. The minimum absolute atomic E-state index is 0. The summed E-state index contributed by atoms with van der Waals surface area (Å²) in [5.74, 6) is 0. The molecule has 0 aromatic heterocycles. The minimum Gasteiger partial charge on any atom is -0.563 e. The van der Waals surface area contributed by atoms with Crippen molar-refractivity contribution in [1.29, 1.82) is 0 Å². The van der Waals surface area contributed by atoms with E-state index in [4.69, 9.17) is 5.11 Å². The Morgan fingerprint density at radius 1 is 0.739 bits per heavy atom. The zero-order chi connectivity index (χ0) is 15.6. The van der Waals surface area contributed by atoms with E-state index in [0.717, 1.165) is 6.42 Å². The molecule has 23 heavy (non-hydrogen) atoms. The molecule has 0 aromatic carbocycles. The molecule has 1 N–H and O–H groups in total. The van der Waals surface area contributed by atoms with Crippen LogP contribution in [-0.4, -0.2) is 11.7 Å². The topological polar surface area (TPSA) is 110 Å². The normalized spacial score (nSPS) is 10.1. The average molecular weight is 397 g/mol. The minimum atomic E-state index is -3.24. The van der Waals surface area contributed by atoms with Gasteiger partial charge in [0.05, 0.1) is 0 Å². The second-order valence-electron chi connectivity index (χ2n) is 4.43. The number of aliphatic hydroxyl groups is 1. The van der Waals surface area contributed by atoms with Gasteiger partial charge in [-0.1, -0.05) is 64.7 Å². The van der Waals surface area contributed by atoms with Crippen molar-refractivity contribution in [2.24, 2.45) is 0 Å². The molecule has 120 valence electrons. The molecular formula is C12H26Na3O6P2+3. The Morgan fingerprint density at radius 3 is 1.26 bits per heavy atom. The Hall–Kier alpha value is 3.04. The van der Waals surface area contributed by atoms with Crippen molar-refractivity contribution in [3.63, 3.8) is 0 Å². The fraction of sp³-hybridized carbons (Fsp3) is 1.00. The van der Waals surface area contributed by atoms with E-state index in [-0.39, 0.29) is 88.7 Å². The van der Waals surface area contributed by atoms with Crippen LogP contribution in [-0.2, 0) is 13.4 Å². The molecule has 0 saturated heterocycles. The molecule has 2 unspecified atom stereocenters. The van der Waals surface area contributed by atoms with E-state index < -0.39 is 16.5 Å². The summed E-state index contributed by atoms with van der Waals surface area (Å²) >= 11 is 0. The fourth-order valence-corrected chi connectivity index (χ4v) is 2.09. The van der Waals surface area contributed by atoms with Gasteiger partial charge < -0.3 is 14.9 Å². The quantitative estimate of drug-likeness (QED) is 0.200. The molecule has 11 heteroatoms. The van der Waals surface area contributed by atoms with E-state index in [1.54, 1.807) is 0 Å². The molecule has 0 aliphatic carbocycles. The predicted octanol–water partition coefficient (Wildman–Crippen LogP) is -6.05. The smallest absolute Gasteiger partial charge is 0.563 e. The van der Waals surface area contributed by atoms with Crippen molar-refractivity contribution >= 4 is 16.5 Å². The predicted molar refractivity (Wildman–Crippen MR) is 75.2 cm³/mol. The van der Waals surface area contributed by atoms with E-state index in [1.807, 2.05) is 0 Å². The van der Waals surface area contributed by atoms with Crippen LogP contribution in [0.15, 0.2) is 0 Å². The Kier molecular flexibility index (Phi) is 52.4. The third-order valence-corrected chi connectivity index (χ3v) is 3.71. The van der Waals surface area contributed by atoms with Gasteiger partial charge in [0.15, 0.2) is 0 Å². The molecule has 0 aliphatic heterocycles. The molecule has 0 spiro atoms. The SMILES string of the molecule is CCCCCCCCCCCCO.O=[P+]([O-])O[P+](=O)[O-].[Na+].[Na+].[Na+]. The van der Waals surface area contributed by atoms with Crippen molar-refractivity contribution < 1.29 is 117 Å². The first-order valence-electron chi connectivity index (χ1n) is 7.12. The van der Waals surface area contributed by atoms with Crippen LogP contribution in [0.25, 0.3) is 0 Å². The average Bonchev–Trinajstić information content (AvgIpc) is 2.36. The Morgan fingerprint density at radius 2 is 1.04 bits per heavy atom. The van der Waals surface area contributed by atoms with Crippen LogP contribution < -0.4 is 98.5 Å². The molecule has 0 saturated carbocycles. The molecule has 6 nitrogen and oxygen atoms in total. The van der Waals surface area contributed by atoms with E-state index in [0.29, 0.717) is 6.61 Å². The maximum absolute atomic E-state index is 9.24. The summed E-state index contributed by atoms with van der Waals surface area (Å²) in [6.07, 6.45) is 13.3. The zero-order valence-electron chi connectivity index (χ0n) is 15.2. The van der Waals surface area contributed by atoms with Gasteiger partial charge in [0.1, 0.15) is 4.31 Å². The second kappa shape index (κ2) is 32.7. The summed E-state index contributed by atoms with van der Waals surface area (Å²) in [6, 6.07) is 0. The third-order valence-electron chi connectivity index (χ3n) is 2.65. The van der Waals surface area contributed by atoms with Crippen LogP contribution in [0.4, 0.5) is 0 Å². The van der Waals surface area contributed by atoms with E-state index in [9.17, 15) is 18.9 Å². The number of unbranched alkanes of at least 4 members (excludes halogenated alkanes) is 9. The van der Waals surface area contributed by atoms with Gasteiger partial charge in [-0.2, -0.15) is 0 Å². The third kappa shape index (κ3) is 45.8. The Balaban J connectivity index is -0.0000000945. The molecule has 0 heterocycles. The van der Waals surface area contributed by atoms with Gasteiger partial charge in [-0.15, -0.1) is 0 Å². The summed E-state index contributed by atoms with van der Waals surface area (Å²) in [6.45, 7) is 2.63. The number of hydrogen-bond donors (Lipinski definition) is 1. The summed E-state index contributed by atoms with van der Waals surface area (Å²) in [5.41, 5.74) is 0. The first-order chi connectivity index (χ1) is 9.54. The van der Waals surface area contributed by atoms with E-state index in [2.05, 4.69) is 11.2 Å². The van der Waals surface area contributed by atoms with Crippen molar-refractivity contribution in [2.45, 2.75) is 71.1 Å². The van der Waals surface area contributed by atoms with Gasteiger partial charge in [0.25, 0.3) is 0 Å². The van der Waals surface area contributed by atoms with Gasteiger partial charge >= 0.3 is 105 Å². The first-order valence-corrected chi connectivity index (χ1v) is 9.31. The van der Waals surface area contributed by atoms with Crippen LogP contribution in [0, 0.1) is 0 Å². The van der Waals surface area contributed by atoms with Gasteiger partial charge in [-0.05, 0) is 15.6 Å². The molecular weight excluding hydrogens is 371 g/mol. The molecule has 0 rings (SSSR count). The maximum atomic E-state index is 9.24. The van der Waals surface area contributed by atoms with Gasteiger partial charge in [-0.25, -0.2) is 0 Å². The van der Waals surface area contributed by atoms with E-state index >= 15 is 0 Å². The van der Waals surface area contributed by atoms with Crippen molar-refractivity contribution in [2.75, 3.05) is 6.61 Å². The van der Waals surface area contributed by atoms with Gasteiger partial charge in [0, 0.05) is 6.61 Å². The summed E-state index contributed by atoms with van der Waals surface area (Å²) in [5, 5.41) is 8.57. The largest absolute Gasteiger partial charge is 1.00 e. The van der Waals surface area contributed by atoms with Gasteiger partial charge in [-0.3, -0.25) is 0 Å². The maximum Gasteiger partial charge on any atom is 1.00 e. The number of hydrogen-bond acceptors (Lipinski definition) is 6. The van der Waals surface area contributed by atoms with Crippen LogP contribution >= 0.6 is 16.5 Å². The molecule has 0 bridgehead atoms. The van der Waals surface area contributed by atoms with Crippen molar-refractivity contribution in [1.82, 2.24) is 0 Å². The van der Waals surface area contributed by atoms with E-state index in [1.165, 1.54) is 57.8 Å². The van der Waals surface area contributed by atoms with Crippen LogP contribution in [0.3, 0.4) is 0 Å². The summed E-state index contributed by atoms with van der Waals surface area (Å²) in [4.78, 5) is 18.5. The standard InChI is InChI=1S/C12H26O.3Na.O5P2/c1-2-3-4-5-6-7-8-9-10-11-12-13;;;;1-6(2)5-7(3)4/h13H,2-12H2,1H3;;;;/q;3*+1;. The Bertz CT molecular complexity index is 229. The Labute approximate surface area is 208 Å². The van der Waals surface area contributed by atoms with Crippen molar-refractivity contribution in [3.05, 3.63) is 0 Å². The van der Waals surface area contributed by atoms with Crippen LogP contribution in [0.2, 0.25) is 0 Å².